The van der Waals surface area contributed by atoms with Crippen molar-refractivity contribution in [1.29, 1.82) is 0 Å². The third-order valence-electron chi connectivity index (χ3n) is 2.74. The molecule has 0 aliphatic heterocycles. The SMILES string of the molecule is CCCNCCN(C)CCc1nccn1C. The summed E-state index contributed by atoms with van der Waals surface area (Å²) < 4.78 is 2.09. The maximum absolute atomic E-state index is 4.32. The van der Waals surface area contributed by atoms with E-state index in [2.05, 4.69) is 33.7 Å². The quantitative estimate of drug-likeness (QED) is 0.666. The van der Waals surface area contributed by atoms with Crippen LogP contribution >= 0.6 is 0 Å². The largest absolute Gasteiger partial charge is 0.338 e. The van der Waals surface area contributed by atoms with Gasteiger partial charge in [-0.05, 0) is 20.0 Å². The van der Waals surface area contributed by atoms with Gasteiger partial charge in [0, 0.05) is 45.5 Å². The Bertz CT molecular complexity index is 282. The van der Waals surface area contributed by atoms with Gasteiger partial charge in [0.2, 0.25) is 0 Å². The second kappa shape index (κ2) is 7.41. The summed E-state index contributed by atoms with van der Waals surface area (Å²) in [5.74, 6) is 1.16. The lowest BCUT2D eigenvalue weighted by Crippen LogP contribution is -2.31. The molecule has 0 aliphatic carbocycles. The van der Waals surface area contributed by atoms with E-state index >= 15 is 0 Å². The Morgan fingerprint density at radius 3 is 2.81 bits per heavy atom. The monoisotopic (exact) mass is 224 g/mol. The van der Waals surface area contributed by atoms with Crippen LogP contribution < -0.4 is 5.32 Å². The fourth-order valence-corrected chi connectivity index (χ4v) is 1.61. The molecule has 0 unspecified atom stereocenters. The van der Waals surface area contributed by atoms with Gasteiger partial charge in [-0.15, -0.1) is 0 Å². The number of nitrogens with one attached hydrogen (secondary N) is 1. The van der Waals surface area contributed by atoms with E-state index in [0.29, 0.717) is 0 Å². The smallest absolute Gasteiger partial charge is 0.109 e. The van der Waals surface area contributed by atoms with Crippen molar-refractivity contribution in [3.8, 4) is 0 Å². The van der Waals surface area contributed by atoms with Crippen LogP contribution in [0.25, 0.3) is 0 Å². The molecule has 0 saturated heterocycles. The topological polar surface area (TPSA) is 33.1 Å². The van der Waals surface area contributed by atoms with Crippen LogP contribution in [0.5, 0.6) is 0 Å². The number of imidazole rings is 1. The molecule has 0 fully saturated rings. The van der Waals surface area contributed by atoms with Crippen molar-refractivity contribution in [2.45, 2.75) is 19.8 Å². The maximum Gasteiger partial charge on any atom is 0.109 e. The van der Waals surface area contributed by atoms with Gasteiger partial charge < -0.3 is 14.8 Å². The molecular weight excluding hydrogens is 200 g/mol. The molecule has 0 aliphatic rings. The minimum Gasteiger partial charge on any atom is -0.338 e. The summed E-state index contributed by atoms with van der Waals surface area (Å²) in [6, 6.07) is 0. The molecule has 0 saturated carbocycles. The minimum atomic E-state index is 1.02. The van der Waals surface area contributed by atoms with Crippen LogP contribution in [-0.2, 0) is 13.5 Å². The molecule has 16 heavy (non-hydrogen) atoms. The van der Waals surface area contributed by atoms with E-state index in [1.54, 1.807) is 0 Å². The second-order valence-electron chi connectivity index (χ2n) is 4.26. The maximum atomic E-state index is 4.32. The number of rotatable bonds is 8. The highest BCUT2D eigenvalue weighted by Gasteiger charge is 2.02. The Balaban J connectivity index is 2.10. The Hall–Kier alpha value is -0.870. The third kappa shape index (κ3) is 4.77. The normalized spacial score (nSPS) is 11.2. The standard InChI is InChI=1S/C12H24N4/c1-4-6-13-7-10-15(2)9-5-12-14-8-11-16(12)3/h8,11,13H,4-7,9-10H2,1-3H3. The van der Waals surface area contributed by atoms with Crippen LogP contribution in [0.1, 0.15) is 19.2 Å². The van der Waals surface area contributed by atoms with Gasteiger partial charge in [-0.3, -0.25) is 0 Å². The molecule has 4 nitrogen and oxygen atoms in total. The van der Waals surface area contributed by atoms with Gasteiger partial charge in [-0.1, -0.05) is 6.92 Å². The molecule has 0 amide bonds. The highest BCUT2D eigenvalue weighted by atomic mass is 15.1. The molecule has 1 heterocycles. The van der Waals surface area contributed by atoms with E-state index in [-0.39, 0.29) is 0 Å². The zero-order valence-electron chi connectivity index (χ0n) is 10.7. The molecule has 92 valence electrons. The average molecular weight is 224 g/mol. The summed E-state index contributed by atoms with van der Waals surface area (Å²) in [7, 11) is 4.21. The van der Waals surface area contributed by atoms with Crippen molar-refractivity contribution in [3.63, 3.8) is 0 Å². The van der Waals surface area contributed by atoms with E-state index in [4.69, 9.17) is 0 Å². The lowest BCUT2D eigenvalue weighted by Gasteiger charge is -2.16. The number of aryl methyl sites for hydroxylation is 1. The van der Waals surface area contributed by atoms with Gasteiger partial charge >= 0.3 is 0 Å². The zero-order chi connectivity index (χ0) is 11.8. The molecule has 0 atom stereocenters. The zero-order valence-corrected chi connectivity index (χ0v) is 10.7. The Morgan fingerprint density at radius 1 is 1.38 bits per heavy atom. The summed E-state index contributed by atoms with van der Waals surface area (Å²) in [5.41, 5.74) is 0. The Labute approximate surface area is 98.7 Å². The lowest BCUT2D eigenvalue weighted by atomic mass is 10.3. The second-order valence-corrected chi connectivity index (χ2v) is 4.26. The third-order valence-corrected chi connectivity index (χ3v) is 2.74. The van der Waals surface area contributed by atoms with E-state index < -0.39 is 0 Å². The van der Waals surface area contributed by atoms with Crippen LogP contribution in [0, 0.1) is 0 Å². The van der Waals surface area contributed by atoms with Gasteiger partial charge in [0.25, 0.3) is 0 Å². The van der Waals surface area contributed by atoms with Crippen molar-refractivity contribution in [2.75, 3.05) is 33.2 Å². The van der Waals surface area contributed by atoms with Gasteiger partial charge in [0.05, 0.1) is 0 Å². The minimum absolute atomic E-state index is 1.02. The molecule has 0 bridgehead atoms. The van der Waals surface area contributed by atoms with Crippen LogP contribution in [0.15, 0.2) is 12.4 Å². The van der Waals surface area contributed by atoms with E-state index in [1.165, 1.54) is 6.42 Å². The van der Waals surface area contributed by atoms with Crippen LogP contribution in [0.2, 0.25) is 0 Å². The molecule has 1 rings (SSSR count). The Morgan fingerprint density at radius 2 is 2.19 bits per heavy atom. The van der Waals surface area contributed by atoms with E-state index in [1.807, 2.05) is 19.4 Å². The molecule has 1 N–H and O–H groups in total. The van der Waals surface area contributed by atoms with Gasteiger partial charge in [0.15, 0.2) is 0 Å². The molecule has 4 heteroatoms. The summed E-state index contributed by atoms with van der Waals surface area (Å²) in [4.78, 5) is 6.66. The number of hydrogen-bond donors (Lipinski definition) is 1. The molecular formula is C12H24N4. The lowest BCUT2D eigenvalue weighted by molar-refractivity contribution is 0.332. The highest BCUT2D eigenvalue weighted by molar-refractivity contribution is 4.91. The van der Waals surface area contributed by atoms with Crippen LogP contribution in [-0.4, -0.2) is 47.7 Å². The van der Waals surface area contributed by atoms with E-state index in [0.717, 1.165) is 38.4 Å². The predicted molar refractivity (Wildman–Crippen MR) is 67.6 cm³/mol. The van der Waals surface area contributed by atoms with Crippen molar-refractivity contribution >= 4 is 0 Å². The number of hydrogen-bond acceptors (Lipinski definition) is 3. The van der Waals surface area contributed by atoms with E-state index in [9.17, 15) is 0 Å². The van der Waals surface area contributed by atoms with Crippen LogP contribution in [0.3, 0.4) is 0 Å². The number of likely N-dealkylation sites (N-methyl/N-ethyl adjacent to an activating group) is 1. The van der Waals surface area contributed by atoms with Crippen molar-refractivity contribution in [2.24, 2.45) is 7.05 Å². The van der Waals surface area contributed by atoms with Crippen LogP contribution in [0.4, 0.5) is 0 Å². The summed E-state index contributed by atoms with van der Waals surface area (Å²) in [5, 5.41) is 3.41. The number of nitrogens with zero attached hydrogens (tertiary/aromatic N) is 3. The first kappa shape index (κ1) is 13.2. The first-order valence-electron chi connectivity index (χ1n) is 6.09. The first-order valence-corrected chi connectivity index (χ1v) is 6.09. The van der Waals surface area contributed by atoms with Crippen molar-refractivity contribution < 1.29 is 0 Å². The molecule has 0 spiro atoms. The Kier molecular flexibility index (Phi) is 6.11. The molecule has 0 radical (unpaired) electrons. The summed E-state index contributed by atoms with van der Waals surface area (Å²) in [6.45, 7) is 6.55. The molecule has 1 aromatic rings. The summed E-state index contributed by atoms with van der Waals surface area (Å²) in [6.07, 6.45) is 6.08. The van der Waals surface area contributed by atoms with Gasteiger partial charge in [-0.25, -0.2) is 4.98 Å². The highest BCUT2D eigenvalue weighted by Crippen LogP contribution is 1.96. The van der Waals surface area contributed by atoms with Crippen molar-refractivity contribution in [1.82, 2.24) is 19.8 Å². The van der Waals surface area contributed by atoms with Gasteiger partial charge in [0.1, 0.15) is 5.82 Å². The predicted octanol–water partition coefficient (Wildman–Crippen LogP) is 0.894. The fourth-order valence-electron chi connectivity index (χ4n) is 1.61. The van der Waals surface area contributed by atoms with Crippen molar-refractivity contribution in [3.05, 3.63) is 18.2 Å². The summed E-state index contributed by atoms with van der Waals surface area (Å²) >= 11 is 0. The molecule has 0 aromatic carbocycles. The first-order chi connectivity index (χ1) is 7.74. The molecule has 1 aromatic heterocycles. The average Bonchev–Trinajstić information content (AvgIpc) is 2.67. The number of aromatic nitrogens is 2. The van der Waals surface area contributed by atoms with Gasteiger partial charge in [-0.2, -0.15) is 0 Å². The fraction of sp³-hybridized carbons (Fsp3) is 0.750.